The van der Waals surface area contributed by atoms with Gasteiger partial charge in [-0.15, -0.1) is 0 Å². The summed E-state index contributed by atoms with van der Waals surface area (Å²) in [6.45, 7) is 16.3. The minimum atomic E-state index is -0.105. The fourth-order valence-corrected chi connectivity index (χ4v) is 2.82. The predicted octanol–water partition coefficient (Wildman–Crippen LogP) is 6.06. The highest BCUT2D eigenvalue weighted by Gasteiger charge is 2.14. The van der Waals surface area contributed by atoms with Crippen LogP contribution >= 0.6 is 0 Å². The van der Waals surface area contributed by atoms with Crippen molar-refractivity contribution < 1.29 is 9.84 Å². The number of methoxy groups -OCH3 is 1. The van der Waals surface area contributed by atoms with Crippen LogP contribution in [0.15, 0.2) is 65.5 Å². The molecule has 0 fully saturated rings. The van der Waals surface area contributed by atoms with Crippen molar-refractivity contribution in [1.29, 1.82) is 0 Å². The van der Waals surface area contributed by atoms with Crippen molar-refractivity contribution in [2.24, 2.45) is 10.1 Å². The van der Waals surface area contributed by atoms with E-state index in [9.17, 15) is 0 Å². The Hall–Kier alpha value is -2.91. The van der Waals surface area contributed by atoms with E-state index in [1.807, 2.05) is 84.4 Å². The van der Waals surface area contributed by atoms with Gasteiger partial charge >= 0.3 is 0 Å². The van der Waals surface area contributed by atoms with E-state index < -0.39 is 0 Å². The molecule has 8 nitrogen and oxygen atoms in total. The van der Waals surface area contributed by atoms with Crippen LogP contribution in [-0.4, -0.2) is 63.9 Å². The number of aromatic nitrogens is 1. The molecule has 1 aliphatic heterocycles. The van der Waals surface area contributed by atoms with Crippen LogP contribution in [0.25, 0.3) is 5.70 Å². The van der Waals surface area contributed by atoms with Crippen LogP contribution in [0.3, 0.4) is 0 Å². The minimum absolute atomic E-state index is 0.105. The van der Waals surface area contributed by atoms with Gasteiger partial charge in [0.1, 0.15) is 0 Å². The van der Waals surface area contributed by atoms with Crippen molar-refractivity contribution in [3.05, 3.63) is 72.1 Å². The molecule has 2 aromatic rings. The molecule has 1 aliphatic rings. The van der Waals surface area contributed by atoms with Gasteiger partial charge in [0, 0.05) is 49.5 Å². The summed E-state index contributed by atoms with van der Waals surface area (Å²) in [7, 11) is 6.60. The molecule has 2 heterocycles. The van der Waals surface area contributed by atoms with Gasteiger partial charge in [0.25, 0.3) is 0 Å². The zero-order valence-electron chi connectivity index (χ0n) is 26.0. The molecule has 0 saturated heterocycles. The van der Waals surface area contributed by atoms with Gasteiger partial charge in [-0.05, 0) is 58.6 Å². The Morgan fingerprint density at radius 1 is 1.03 bits per heavy atom. The van der Waals surface area contributed by atoms with E-state index >= 15 is 0 Å². The zero-order valence-corrected chi connectivity index (χ0v) is 26.0. The number of hydrogen-bond acceptors (Lipinski definition) is 8. The average Bonchev–Trinajstić information content (AvgIpc) is 3.03. The predicted molar refractivity (Wildman–Crippen MR) is 172 cm³/mol. The van der Waals surface area contributed by atoms with Crippen molar-refractivity contribution in [2.75, 3.05) is 41.4 Å². The number of unbranched alkanes of at least 4 members (excludes halogenated alkanes) is 2. The lowest BCUT2D eigenvalue weighted by Gasteiger charge is -2.20. The summed E-state index contributed by atoms with van der Waals surface area (Å²) in [5.74, 6) is 0. The van der Waals surface area contributed by atoms with Crippen molar-refractivity contribution in [2.45, 2.75) is 66.5 Å². The van der Waals surface area contributed by atoms with E-state index in [2.05, 4.69) is 44.6 Å². The largest absolute Gasteiger partial charge is 0.400 e. The third-order valence-corrected chi connectivity index (χ3v) is 4.71. The molecule has 0 saturated carbocycles. The molecule has 0 amide bonds. The molecule has 4 N–H and O–H groups in total. The number of hydrogen-bond donors (Lipinski definition) is 4. The molecule has 3 rings (SSSR count). The van der Waals surface area contributed by atoms with Crippen molar-refractivity contribution in [1.82, 2.24) is 21.0 Å². The second kappa shape index (κ2) is 33.1. The summed E-state index contributed by atoms with van der Waals surface area (Å²) in [4.78, 5) is 8.23. The Balaban J connectivity index is -0.000000472. The van der Waals surface area contributed by atoms with Gasteiger partial charge in [0.05, 0.1) is 11.9 Å². The Bertz CT molecular complexity index is 825. The van der Waals surface area contributed by atoms with Gasteiger partial charge in [-0.1, -0.05) is 71.9 Å². The molecular weight excluding hydrogens is 488 g/mol. The van der Waals surface area contributed by atoms with E-state index in [4.69, 9.17) is 9.84 Å². The number of aliphatic imine (C=N–C) groups is 1. The van der Waals surface area contributed by atoms with Gasteiger partial charge in [-0.3, -0.25) is 15.4 Å². The minimum Gasteiger partial charge on any atom is -0.400 e. The van der Waals surface area contributed by atoms with Gasteiger partial charge < -0.3 is 20.5 Å². The van der Waals surface area contributed by atoms with Gasteiger partial charge in [0.15, 0.2) is 6.23 Å². The van der Waals surface area contributed by atoms with E-state index in [1.165, 1.54) is 19.3 Å². The summed E-state index contributed by atoms with van der Waals surface area (Å²) in [6.07, 6.45) is 11.8. The van der Waals surface area contributed by atoms with Crippen molar-refractivity contribution >= 4 is 18.1 Å². The Morgan fingerprint density at radius 3 is 2.15 bits per heavy atom. The van der Waals surface area contributed by atoms with Crippen molar-refractivity contribution in [3.63, 3.8) is 0 Å². The fraction of sp³-hybridized carbons (Fsp3) is 0.516. The van der Waals surface area contributed by atoms with E-state index in [0.29, 0.717) is 0 Å². The van der Waals surface area contributed by atoms with Crippen LogP contribution in [-0.2, 0) is 4.74 Å². The van der Waals surface area contributed by atoms with E-state index in [0.717, 1.165) is 49.0 Å². The highest BCUT2D eigenvalue weighted by Crippen LogP contribution is 2.19. The second-order valence-electron chi connectivity index (χ2n) is 7.33. The molecule has 222 valence electrons. The number of aliphatic hydroxyl groups excluding tert-OH is 1. The standard InChI is InChI=1S/C12H16N2.C9H10N2O.C5H14N2.2C2H6.CH4O/c1-3-4-5-8-14-11(2)12-6-9-13-10-7-12;1-12-9-8-5-3-2-4-7(8)6-10-11-9;1-6-4-3-5-7-2;3*1-2/h6-10H,2-5H2,1H3;2-6,9,11H,1H3;6-7H,3-5H2,1-2H3;2*1-2H3;2H,1H3. The summed E-state index contributed by atoms with van der Waals surface area (Å²) in [6, 6.07) is 11.9. The Labute approximate surface area is 239 Å². The molecule has 1 unspecified atom stereocenters. The summed E-state index contributed by atoms with van der Waals surface area (Å²) >= 11 is 0. The molecule has 0 spiro atoms. The number of benzene rings is 1. The van der Waals surface area contributed by atoms with Gasteiger partial charge in [-0.2, -0.15) is 5.10 Å². The van der Waals surface area contributed by atoms with Crippen molar-refractivity contribution in [3.8, 4) is 0 Å². The third kappa shape index (κ3) is 21.7. The first-order valence-corrected chi connectivity index (χ1v) is 13.9. The molecular formula is C31H56N6O2. The Morgan fingerprint density at radius 2 is 1.62 bits per heavy atom. The summed E-state index contributed by atoms with van der Waals surface area (Å²) < 4.78 is 5.19. The first kappa shape index (κ1) is 40.6. The highest BCUT2D eigenvalue weighted by atomic mass is 16.5. The van der Waals surface area contributed by atoms with Gasteiger partial charge in [0.2, 0.25) is 0 Å². The van der Waals surface area contributed by atoms with E-state index in [-0.39, 0.29) is 6.23 Å². The van der Waals surface area contributed by atoms with Crippen LogP contribution < -0.4 is 16.1 Å². The number of hydrazone groups is 1. The van der Waals surface area contributed by atoms with Crippen LogP contribution in [0.4, 0.5) is 0 Å². The lowest BCUT2D eigenvalue weighted by Crippen LogP contribution is -2.22. The summed E-state index contributed by atoms with van der Waals surface area (Å²) in [5, 5.41) is 17.1. The SMILES string of the molecule is C=C(N=CCCCC)c1ccncc1.CC.CC.CNCCCNC.CO.COC1NN=Cc2ccccc21. The smallest absolute Gasteiger partial charge is 0.168 e. The molecule has 1 aromatic carbocycles. The zero-order chi connectivity index (χ0) is 30.2. The fourth-order valence-electron chi connectivity index (χ4n) is 2.82. The topological polar surface area (TPSA) is 103 Å². The number of aliphatic hydroxyl groups is 1. The normalized spacial score (nSPS) is 12.1. The number of rotatable bonds is 10. The van der Waals surface area contributed by atoms with Crippen LogP contribution in [0, 0.1) is 0 Å². The molecule has 39 heavy (non-hydrogen) atoms. The first-order chi connectivity index (χ1) is 19.2. The highest BCUT2D eigenvalue weighted by molar-refractivity contribution is 5.82. The van der Waals surface area contributed by atoms with Crippen LogP contribution in [0.5, 0.6) is 0 Å². The third-order valence-electron chi connectivity index (χ3n) is 4.71. The maximum atomic E-state index is 7.00. The number of fused-ring (bicyclic) bond motifs is 1. The Kier molecular flexibility index (Phi) is 34.5. The molecule has 1 aromatic heterocycles. The molecule has 0 bridgehead atoms. The maximum absolute atomic E-state index is 7.00. The number of nitrogens with one attached hydrogen (secondary N) is 3. The van der Waals surface area contributed by atoms with Gasteiger partial charge in [-0.25, -0.2) is 0 Å². The quantitative estimate of drug-likeness (QED) is 0.214. The van der Waals surface area contributed by atoms with Crippen LogP contribution in [0.2, 0.25) is 0 Å². The number of nitrogens with zero attached hydrogens (tertiary/aromatic N) is 3. The molecule has 0 radical (unpaired) electrons. The average molecular weight is 545 g/mol. The summed E-state index contributed by atoms with van der Waals surface area (Å²) in [5.41, 5.74) is 6.96. The lowest BCUT2D eigenvalue weighted by molar-refractivity contribution is 0.0734. The molecule has 8 heteroatoms. The van der Waals surface area contributed by atoms with Crippen LogP contribution in [0.1, 0.15) is 83.2 Å². The number of ether oxygens (including phenoxy) is 1. The molecule has 0 aliphatic carbocycles. The lowest BCUT2D eigenvalue weighted by atomic mass is 10.1. The monoisotopic (exact) mass is 544 g/mol. The first-order valence-electron chi connectivity index (χ1n) is 13.9. The van der Waals surface area contributed by atoms with E-state index in [1.54, 1.807) is 25.7 Å². The number of pyridine rings is 1. The second-order valence-corrected chi connectivity index (χ2v) is 7.33. The molecule has 1 atom stereocenters. The maximum Gasteiger partial charge on any atom is 0.168 e.